The Balaban J connectivity index is 1.71. The van der Waals surface area contributed by atoms with Gasteiger partial charge in [0.05, 0.1) is 23.9 Å². The second kappa shape index (κ2) is 6.95. The number of halogens is 1. The molecule has 1 aromatic heterocycles. The topological polar surface area (TPSA) is 67.4 Å². The van der Waals surface area contributed by atoms with Crippen LogP contribution in [0, 0.1) is 5.92 Å². The summed E-state index contributed by atoms with van der Waals surface area (Å²) in [6, 6.07) is 3.51. The summed E-state index contributed by atoms with van der Waals surface area (Å²) in [6.45, 7) is 0.455. The summed E-state index contributed by atoms with van der Waals surface area (Å²) in [5.41, 5.74) is 0. The van der Waals surface area contributed by atoms with Crippen LogP contribution in [0.1, 0.15) is 24.1 Å². The monoisotopic (exact) mass is 316 g/mol. The van der Waals surface area contributed by atoms with E-state index in [4.69, 9.17) is 16.3 Å². The van der Waals surface area contributed by atoms with Crippen LogP contribution in [-0.4, -0.2) is 25.2 Å². The Bertz CT molecular complexity index is 492. The van der Waals surface area contributed by atoms with Crippen molar-refractivity contribution in [1.29, 1.82) is 0 Å². The van der Waals surface area contributed by atoms with Gasteiger partial charge in [-0.05, 0) is 31.4 Å². The van der Waals surface area contributed by atoms with Gasteiger partial charge in [0, 0.05) is 10.9 Å². The van der Waals surface area contributed by atoms with Gasteiger partial charge in [-0.1, -0.05) is 11.6 Å². The molecule has 0 spiro atoms. The number of carbonyl (C=O) groups is 2. The highest BCUT2D eigenvalue weighted by molar-refractivity contribution is 7.16. The van der Waals surface area contributed by atoms with Crippen molar-refractivity contribution in [3.63, 3.8) is 0 Å². The molecule has 0 bridgehead atoms. The highest BCUT2D eigenvalue weighted by Gasteiger charge is 2.31. The van der Waals surface area contributed by atoms with Crippen LogP contribution in [0.5, 0.6) is 0 Å². The molecule has 1 saturated carbocycles. The van der Waals surface area contributed by atoms with Crippen LogP contribution in [0.2, 0.25) is 4.34 Å². The third-order valence-electron chi connectivity index (χ3n) is 3.35. The second-order valence-corrected chi connectivity index (χ2v) is 6.56. The van der Waals surface area contributed by atoms with Crippen LogP contribution >= 0.6 is 22.9 Å². The van der Waals surface area contributed by atoms with E-state index in [1.165, 1.54) is 18.4 Å². The summed E-state index contributed by atoms with van der Waals surface area (Å²) in [5, 5.41) is 5.66. The summed E-state index contributed by atoms with van der Waals surface area (Å²) >= 11 is 7.26. The molecule has 1 aliphatic carbocycles. The lowest BCUT2D eigenvalue weighted by Crippen LogP contribution is -2.40. The van der Waals surface area contributed by atoms with E-state index in [-0.39, 0.29) is 24.0 Å². The van der Waals surface area contributed by atoms with Crippen molar-refractivity contribution in [1.82, 2.24) is 10.6 Å². The molecule has 0 radical (unpaired) electrons. The molecule has 1 heterocycles. The predicted molar refractivity (Wildman–Crippen MR) is 77.8 cm³/mol. The molecule has 2 rings (SSSR count). The molecule has 110 valence electrons. The van der Waals surface area contributed by atoms with Gasteiger partial charge in [0.15, 0.2) is 0 Å². The molecule has 2 amide bonds. The van der Waals surface area contributed by atoms with E-state index >= 15 is 0 Å². The minimum Gasteiger partial charge on any atom is -0.469 e. The van der Waals surface area contributed by atoms with E-state index in [9.17, 15) is 9.59 Å². The van der Waals surface area contributed by atoms with E-state index in [1.54, 1.807) is 6.07 Å². The first-order chi connectivity index (χ1) is 9.58. The summed E-state index contributed by atoms with van der Waals surface area (Å²) in [6.07, 6.45) is 2.21. The molecule has 1 fully saturated rings. The predicted octanol–water partition coefficient (Wildman–Crippen LogP) is 2.54. The average Bonchev–Trinajstić information content (AvgIpc) is 3.05. The molecule has 0 unspecified atom stereocenters. The smallest absolute Gasteiger partial charge is 0.315 e. The normalized spacial score (nSPS) is 21.5. The van der Waals surface area contributed by atoms with Crippen molar-refractivity contribution in [3.05, 3.63) is 21.3 Å². The van der Waals surface area contributed by atoms with Gasteiger partial charge in [0.2, 0.25) is 0 Å². The van der Waals surface area contributed by atoms with E-state index in [2.05, 4.69) is 10.6 Å². The summed E-state index contributed by atoms with van der Waals surface area (Å²) in [4.78, 5) is 24.2. The number of urea groups is 1. The van der Waals surface area contributed by atoms with E-state index in [1.807, 2.05) is 6.07 Å². The van der Waals surface area contributed by atoms with Crippen molar-refractivity contribution in [2.24, 2.45) is 5.92 Å². The molecule has 5 nitrogen and oxygen atoms in total. The number of nitrogens with one attached hydrogen (secondary N) is 2. The lowest BCUT2D eigenvalue weighted by Gasteiger charge is -2.13. The van der Waals surface area contributed by atoms with Gasteiger partial charge in [-0.25, -0.2) is 4.79 Å². The molecule has 1 aromatic rings. The molecular formula is C13H17ClN2O3S. The highest BCUT2D eigenvalue weighted by atomic mass is 35.5. The molecule has 0 aliphatic heterocycles. The second-order valence-electron chi connectivity index (χ2n) is 4.76. The van der Waals surface area contributed by atoms with Gasteiger partial charge >= 0.3 is 12.0 Å². The molecule has 2 N–H and O–H groups in total. The van der Waals surface area contributed by atoms with Gasteiger partial charge in [0.1, 0.15) is 0 Å². The summed E-state index contributed by atoms with van der Waals surface area (Å²) < 4.78 is 5.42. The van der Waals surface area contributed by atoms with E-state index < -0.39 is 0 Å². The first-order valence-electron chi connectivity index (χ1n) is 6.45. The van der Waals surface area contributed by atoms with Gasteiger partial charge in [-0.2, -0.15) is 0 Å². The van der Waals surface area contributed by atoms with Gasteiger partial charge in [-0.15, -0.1) is 11.3 Å². The minimum absolute atomic E-state index is 0.0334. The van der Waals surface area contributed by atoms with Crippen LogP contribution in [0.4, 0.5) is 4.79 Å². The Labute approximate surface area is 126 Å². The maximum absolute atomic E-state index is 11.8. The number of ether oxygens (including phenoxy) is 1. The number of methoxy groups -OCH3 is 1. The fraction of sp³-hybridized carbons (Fsp3) is 0.538. The Morgan fingerprint density at radius 1 is 1.45 bits per heavy atom. The Kier molecular flexibility index (Phi) is 5.25. The average molecular weight is 317 g/mol. The summed E-state index contributed by atoms with van der Waals surface area (Å²) in [7, 11) is 1.39. The van der Waals surface area contributed by atoms with E-state index in [0.717, 1.165) is 17.7 Å². The number of hydrogen-bond acceptors (Lipinski definition) is 4. The number of esters is 1. The quantitative estimate of drug-likeness (QED) is 0.839. The van der Waals surface area contributed by atoms with Crippen LogP contribution in [-0.2, 0) is 16.1 Å². The molecule has 2 atom stereocenters. The Morgan fingerprint density at radius 3 is 2.90 bits per heavy atom. The van der Waals surface area contributed by atoms with E-state index in [0.29, 0.717) is 17.3 Å². The fourth-order valence-corrected chi connectivity index (χ4v) is 3.37. The third-order valence-corrected chi connectivity index (χ3v) is 4.59. The maximum atomic E-state index is 11.8. The lowest BCUT2D eigenvalue weighted by molar-refractivity contribution is -0.145. The van der Waals surface area contributed by atoms with Crippen LogP contribution in [0.25, 0.3) is 0 Å². The summed E-state index contributed by atoms with van der Waals surface area (Å²) in [5.74, 6) is -0.288. The molecular weight excluding hydrogens is 300 g/mol. The number of rotatable bonds is 4. The Morgan fingerprint density at radius 2 is 2.25 bits per heavy atom. The largest absolute Gasteiger partial charge is 0.469 e. The number of hydrogen-bond donors (Lipinski definition) is 2. The van der Waals surface area contributed by atoms with Crippen molar-refractivity contribution >= 4 is 34.9 Å². The zero-order valence-electron chi connectivity index (χ0n) is 11.1. The number of carbonyl (C=O) groups excluding carboxylic acids is 2. The standard InChI is InChI=1S/C13H17ClN2O3S/c1-19-12(17)8-2-3-9(6-8)16-13(18)15-7-10-4-5-11(14)20-10/h4-5,8-9H,2-3,6-7H2,1H3,(H2,15,16,18)/t8-,9+/m0/s1. The van der Waals surface area contributed by atoms with Crippen LogP contribution in [0.15, 0.2) is 12.1 Å². The Hall–Kier alpha value is -1.27. The first kappa shape index (κ1) is 15.1. The van der Waals surface area contributed by atoms with Crippen LogP contribution < -0.4 is 10.6 Å². The van der Waals surface area contributed by atoms with Crippen molar-refractivity contribution in [2.45, 2.75) is 31.8 Å². The molecule has 1 aliphatic rings. The van der Waals surface area contributed by atoms with Crippen molar-refractivity contribution < 1.29 is 14.3 Å². The van der Waals surface area contributed by atoms with Crippen LogP contribution in [0.3, 0.4) is 0 Å². The third kappa shape index (κ3) is 4.11. The van der Waals surface area contributed by atoms with Crippen molar-refractivity contribution in [2.75, 3.05) is 7.11 Å². The highest BCUT2D eigenvalue weighted by Crippen LogP contribution is 2.26. The zero-order chi connectivity index (χ0) is 14.5. The SMILES string of the molecule is COC(=O)[C@H]1CC[C@@H](NC(=O)NCc2ccc(Cl)s2)C1. The lowest BCUT2D eigenvalue weighted by atomic mass is 10.1. The fourth-order valence-electron chi connectivity index (χ4n) is 2.34. The zero-order valence-corrected chi connectivity index (χ0v) is 12.7. The molecule has 0 aromatic carbocycles. The van der Waals surface area contributed by atoms with Gasteiger partial charge in [0.25, 0.3) is 0 Å². The first-order valence-corrected chi connectivity index (χ1v) is 7.64. The molecule has 7 heteroatoms. The van der Waals surface area contributed by atoms with Gasteiger partial charge in [-0.3, -0.25) is 4.79 Å². The van der Waals surface area contributed by atoms with Gasteiger partial charge < -0.3 is 15.4 Å². The molecule has 0 saturated heterocycles. The maximum Gasteiger partial charge on any atom is 0.315 e. The number of thiophene rings is 1. The molecule has 20 heavy (non-hydrogen) atoms. The number of amides is 2. The van der Waals surface area contributed by atoms with Crippen molar-refractivity contribution in [3.8, 4) is 0 Å². The minimum atomic E-state index is -0.218.